The van der Waals surface area contributed by atoms with E-state index in [1.165, 1.54) is 6.92 Å². The summed E-state index contributed by atoms with van der Waals surface area (Å²) in [6, 6.07) is 0. The van der Waals surface area contributed by atoms with E-state index in [0.29, 0.717) is 45.3 Å². The number of cyclic esters (lactones) is 1. The molecule has 0 radical (unpaired) electrons. The molecule has 0 aromatic heterocycles. The molecule has 8 nitrogen and oxygen atoms in total. The quantitative estimate of drug-likeness (QED) is 0.383. The summed E-state index contributed by atoms with van der Waals surface area (Å²) < 4.78 is 22.2. The zero-order chi connectivity index (χ0) is 21.5. The predicted molar refractivity (Wildman–Crippen MR) is 99.9 cm³/mol. The molecule has 4 heterocycles. The van der Waals surface area contributed by atoms with Gasteiger partial charge in [-0.25, -0.2) is 0 Å². The monoisotopic (exact) mass is 420 g/mol. The topological polar surface area (TPSA) is 109 Å². The highest BCUT2D eigenvalue weighted by Gasteiger charge is 2.84. The lowest BCUT2D eigenvalue weighted by atomic mass is 9.41. The van der Waals surface area contributed by atoms with E-state index in [9.17, 15) is 19.2 Å². The van der Waals surface area contributed by atoms with Crippen molar-refractivity contribution in [3.63, 3.8) is 0 Å². The third-order valence-electron chi connectivity index (χ3n) is 8.71. The zero-order valence-corrected chi connectivity index (χ0v) is 17.6. The zero-order valence-electron chi connectivity index (χ0n) is 17.6. The normalized spacial score (nSPS) is 48.9. The van der Waals surface area contributed by atoms with E-state index >= 15 is 0 Å². The number of ether oxygens (including phenoxy) is 4. The number of rotatable bonds is 4. The number of ketones is 1. The van der Waals surface area contributed by atoms with Gasteiger partial charge in [0.15, 0.2) is 11.9 Å². The van der Waals surface area contributed by atoms with Crippen molar-refractivity contribution in [1.82, 2.24) is 0 Å². The molecule has 2 saturated carbocycles. The second kappa shape index (κ2) is 6.28. The fourth-order valence-electron chi connectivity index (χ4n) is 6.89. The van der Waals surface area contributed by atoms with Crippen LogP contribution in [0.25, 0.3) is 0 Å². The Hall–Kier alpha value is -1.96. The maximum atomic E-state index is 13.6. The molecule has 0 aromatic carbocycles. The largest absolute Gasteiger partial charge is 0.465 e. The van der Waals surface area contributed by atoms with Crippen molar-refractivity contribution in [2.75, 3.05) is 13.2 Å². The first-order valence-corrected chi connectivity index (χ1v) is 10.9. The van der Waals surface area contributed by atoms with E-state index in [0.717, 1.165) is 0 Å². The number of hydrogen-bond donors (Lipinski definition) is 0. The molecule has 4 aliphatic heterocycles. The van der Waals surface area contributed by atoms with Gasteiger partial charge in [0.05, 0.1) is 19.1 Å². The summed E-state index contributed by atoms with van der Waals surface area (Å²) >= 11 is 0. The number of hydrogen-bond acceptors (Lipinski definition) is 8. The van der Waals surface area contributed by atoms with Crippen LogP contribution in [-0.4, -0.2) is 54.7 Å². The van der Waals surface area contributed by atoms with E-state index in [1.807, 2.05) is 13.8 Å². The Morgan fingerprint density at radius 2 is 2.00 bits per heavy atom. The molecular weight excluding hydrogens is 392 g/mol. The first-order chi connectivity index (χ1) is 14.2. The van der Waals surface area contributed by atoms with Gasteiger partial charge in [-0.1, -0.05) is 13.8 Å². The standard InChI is InChI=1S/C22H28O8/c1-11-16(24)17(29-12(2)23)22-15(8-14(30-19(22)26)9-21(22)10-28-21)20(11,3)6-4-13-5-7-27-18(13)25/h11,13-15,17H,4-10H2,1-3H3/t11-,13+,14-,15-,17+,20+,21+,22+/m1/s1. The van der Waals surface area contributed by atoms with Gasteiger partial charge in [-0.3, -0.25) is 19.2 Å². The van der Waals surface area contributed by atoms with Crippen LogP contribution in [0.5, 0.6) is 0 Å². The summed E-state index contributed by atoms with van der Waals surface area (Å²) in [5.41, 5.74) is -2.67. The smallest absolute Gasteiger partial charge is 0.320 e. The Kier molecular flexibility index (Phi) is 4.18. The van der Waals surface area contributed by atoms with Crippen molar-refractivity contribution in [1.29, 1.82) is 0 Å². The average molecular weight is 420 g/mol. The Morgan fingerprint density at radius 1 is 1.27 bits per heavy atom. The van der Waals surface area contributed by atoms with E-state index in [1.54, 1.807) is 0 Å². The molecule has 2 spiro atoms. The maximum absolute atomic E-state index is 13.6. The van der Waals surface area contributed by atoms with Crippen molar-refractivity contribution in [2.24, 2.45) is 28.6 Å². The van der Waals surface area contributed by atoms with Gasteiger partial charge in [0.25, 0.3) is 0 Å². The Bertz CT molecular complexity index is 831. The van der Waals surface area contributed by atoms with Gasteiger partial charge < -0.3 is 18.9 Å². The number of carbonyl (C=O) groups excluding carboxylic acids is 4. The van der Waals surface area contributed by atoms with Crippen LogP contribution in [-0.2, 0) is 38.1 Å². The highest BCUT2D eigenvalue weighted by Crippen LogP contribution is 2.71. The van der Waals surface area contributed by atoms with Crippen molar-refractivity contribution in [3.05, 3.63) is 0 Å². The summed E-state index contributed by atoms with van der Waals surface area (Å²) in [4.78, 5) is 50.9. The van der Waals surface area contributed by atoms with Crippen LogP contribution in [0.3, 0.4) is 0 Å². The van der Waals surface area contributed by atoms with Gasteiger partial charge >= 0.3 is 17.9 Å². The molecule has 2 bridgehead atoms. The SMILES string of the molecule is CC(=O)O[C@H]1C(=O)[C@@H](C)[C@](C)(CC[C@H]2CCOC2=O)[C@H]2C[C@@H]3C[C@]4(CO4)[C@@]21C(=O)O3. The molecule has 0 aromatic rings. The van der Waals surface area contributed by atoms with E-state index < -0.39 is 40.4 Å². The number of epoxide rings is 1. The van der Waals surface area contributed by atoms with Crippen LogP contribution in [0.4, 0.5) is 0 Å². The van der Waals surface area contributed by atoms with Crippen molar-refractivity contribution >= 4 is 23.7 Å². The minimum absolute atomic E-state index is 0.176. The summed E-state index contributed by atoms with van der Waals surface area (Å²) in [6.45, 7) is 5.94. The second-order valence-corrected chi connectivity index (χ2v) is 9.98. The maximum Gasteiger partial charge on any atom is 0.320 e. The predicted octanol–water partition coefficient (Wildman–Crippen LogP) is 1.58. The van der Waals surface area contributed by atoms with Crippen molar-refractivity contribution in [3.8, 4) is 0 Å². The van der Waals surface area contributed by atoms with Crippen LogP contribution in [0, 0.1) is 28.6 Å². The molecule has 0 N–H and O–H groups in total. The number of fused-ring (bicyclic) bond motifs is 1. The molecule has 30 heavy (non-hydrogen) atoms. The van der Waals surface area contributed by atoms with Crippen LogP contribution in [0.15, 0.2) is 0 Å². The summed E-state index contributed by atoms with van der Waals surface area (Å²) in [5.74, 6) is -2.37. The first-order valence-electron chi connectivity index (χ1n) is 10.9. The third kappa shape index (κ3) is 2.37. The Labute approximate surface area is 174 Å². The molecule has 8 atom stereocenters. The fraction of sp³-hybridized carbons (Fsp3) is 0.818. The van der Waals surface area contributed by atoms with Gasteiger partial charge in [0, 0.05) is 19.3 Å². The molecule has 0 amide bonds. The fourth-order valence-corrected chi connectivity index (χ4v) is 6.89. The van der Waals surface area contributed by atoms with E-state index in [2.05, 4.69) is 0 Å². The minimum atomic E-state index is -1.32. The molecule has 6 fully saturated rings. The lowest BCUT2D eigenvalue weighted by molar-refractivity contribution is -0.257. The van der Waals surface area contributed by atoms with Crippen LogP contribution < -0.4 is 0 Å². The number of esters is 3. The summed E-state index contributed by atoms with van der Waals surface area (Å²) in [7, 11) is 0. The van der Waals surface area contributed by atoms with Crippen molar-refractivity contribution < 1.29 is 38.1 Å². The van der Waals surface area contributed by atoms with Gasteiger partial charge in [-0.05, 0) is 37.0 Å². The molecule has 0 unspecified atom stereocenters. The van der Waals surface area contributed by atoms with Gasteiger partial charge in [0.2, 0.25) is 0 Å². The van der Waals surface area contributed by atoms with Gasteiger partial charge in [-0.15, -0.1) is 0 Å². The highest BCUT2D eigenvalue weighted by molar-refractivity contribution is 5.98. The lowest BCUT2D eigenvalue weighted by Crippen LogP contribution is -2.76. The van der Waals surface area contributed by atoms with Gasteiger partial charge in [-0.2, -0.15) is 0 Å². The average Bonchev–Trinajstić information content (AvgIpc) is 3.32. The minimum Gasteiger partial charge on any atom is -0.465 e. The number of Topliss-reactive ketones (excluding diaryl/α,β-unsaturated/α-hetero) is 1. The molecule has 2 aliphatic carbocycles. The molecule has 6 aliphatic rings. The van der Waals surface area contributed by atoms with Crippen LogP contribution in [0.1, 0.15) is 52.9 Å². The van der Waals surface area contributed by atoms with E-state index in [-0.39, 0.29) is 29.7 Å². The van der Waals surface area contributed by atoms with Gasteiger partial charge in [0.1, 0.15) is 17.1 Å². The molecule has 8 heteroatoms. The lowest BCUT2D eigenvalue weighted by Gasteiger charge is -2.64. The molecular formula is C22H28O8. The second-order valence-electron chi connectivity index (χ2n) is 9.98. The summed E-state index contributed by atoms with van der Waals surface area (Å²) in [5, 5.41) is 0. The Morgan fingerprint density at radius 3 is 2.60 bits per heavy atom. The van der Waals surface area contributed by atoms with Crippen LogP contribution >= 0.6 is 0 Å². The Balaban J connectivity index is 1.57. The van der Waals surface area contributed by atoms with Crippen LogP contribution in [0.2, 0.25) is 0 Å². The molecule has 6 rings (SSSR count). The van der Waals surface area contributed by atoms with E-state index in [4.69, 9.17) is 18.9 Å². The number of carbonyl (C=O) groups is 4. The molecule has 164 valence electrons. The summed E-state index contributed by atoms with van der Waals surface area (Å²) in [6.07, 6.45) is 1.57. The van der Waals surface area contributed by atoms with Crippen molar-refractivity contribution in [2.45, 2.75) is 70.7 Å². The first kappa shape index (κ1) is 20.0. The molecule has 4 saturated heterocycles. The third-order valence-corrected chi connectivity index (χ3v) is 8.71. The highest BCUT2D eigenvalue weighted by atomic mass is 16.6.